The molecule has 2 aromatic rings. The molecule has 0 fully saturated rings. The Morgan fingerprint density at radius 3 is 2.43 bits per heavy atom. The average molecular weight is 288 g/mol. The summed E-state index contributed by atoms with van der Waals surface area (Å²) in [4.78, 5) is 10.8. The van der Waals surface area contributed by atoms with E-state index in [4.69, 9.17) is 9.84 Å². The summed E-state index contributed by atoms with van der Waals surface area (Å²) in [5.41, 5.74) is 3.10. The van der Waals surface area contributed by atoms with E-state index in [0.29, 0.717) is 5.75 Å². The van der Waals surface area contributed by atoms with E-state index in [9.17, 15) is 4.79 Å². The van der Waals surface area contributed by atoms with Crippen LogP contribution in [0.15, 0.2) is 30.5 Å². The minimum atomic E-state index is -0.982. The van der Waals surface area contributed by atoms with Gasteiger partial charge in [0, 0.05) is 16.7 Å². The van der Waals surface area contributed by atoms with Crippen LogP contribution in [0, 0.1) is 0 Å². The first-order chi connectivity index (χ1) is 9.79. The van der Waals surface area contributed by atoms with Crippen molar-refractivity contribution in [2.45, 2.75) is 39.2 Å². The number of carbonyl (C=O) groups is 1. The molecule has 1 unspecified atom stereocenters. The van der Waals surface area contributed by atoms with E-state index < -0.39 is 12.1 Å². The largest absolute Gasteiger partial charge is 0.479 e. The Balaban J connectivity index is 2.24. The zero-order chi connectivity index (χ0) is 15.6. The van der Waals surface area contributed by atoms with Crippen molar-refractivity contribution >= 4 is 5.97 Å². The second-order valence-corrected chi connectivity index (χ2v) is 6.03. The predicted octanol–water partition coefficient (Wildman–Crippen LogP) is 3.23. The second-order valence-electron chi connectivity index (χ2n) is 6.03. The molecular formula is C16H20N2O3. The molecule has 2 N–H and O–H groups in total. The molecule has 0 aliphatic rings. The molecule has 0 amide bonds. The number of aliphatic carboxylic acids is 1. The highest BCUT2D eigenvalue weighted by Crippen LogP contribution is 2.31. The van der Waals surface area contributed by atoms with Crippen molar-refractivity contribution in [3.63, 3.8) is 0 Å². The van der Waals surface area contributed by atoms with E-state index in [2.05, 4.69) is 31.0 Å². The molecule has 21 heavy (non-hydrogen) atoms. The third-order valence-electron chi connectivity index (χ3n) is 3.22. The fourth-order valence-corrected chi connectivity index (χ4v) is 2.04. The summed E-state index contributed by atoms with van der Waals surface area (Å²) < 4.78 is 5.32. The molecule has 1 aromatic carbocycles. The molecule has 2 rings (SSSR count). The Morgan fingerprint density at radius 2 is 1.90 bits per heavy atom. The van der Waals surface area contributed by atoms with Gasteiger partial charge in [0.05, 0.1) is 6.20 Å². The van der Waals surface area contributed by atoms with Crippen LogP contribution in [0.4, 0.5) is 0 Å². The third kappa shape index (κ3) is 3.42. The van der Waals surface area contributed by atoms with Crippen molar-refractivity contribution in [2.75, 3.05) is 0 Å². The Labute approximate surface area is 124 Å². The van der Waals surface area contributed by atoms with Crippen molar-refractivity contribution in [3.05, 3.63) is 36.2 Å². The Kier molecular flexibility index (Phi) is 4.02. The standard InChI is InChI=1S/C16H20N2O3/c1-10(15(19)20)21-12-7-5-11(6-8-12)13-9-17-18-14(13)16(2,3)4/h5-10H,1-4H3,(H,17,18)(H,19,20). The SMILES string of the molecule is CC(Oc1ccc(-c2cn[nH]c2C(C)(C)C)cc1)C(=O)O. The molecular weight excluding hydrogens is 268 g/mol. The van der Waals surface area contributed by atoms with Gasteiger partial charge in [-0.05, 0) is 24.6 Å². The fourth-order valence-electron chi connectivity index (χ4n) is 2.04. The number of ether oxygens (including phenoxy) is 1. The van der Waals surface area contributed by atoms with Gasteiger partial charge >= 0.3 is 5.97 Å². The van der Waals surface area contributed by atoms with Gasteiger partial charge in [0.2, 0.25) is 0 Å². The van der Waals surface area contributed by atoms with E-state index in [-0.39, 0.29) is 5.41 Å². The summed E-state index contributed by atoms with van der Waals surface area (Å²) in [6.07, 6.45) is 0.936. The molecule has 0 spiro atoms. The lowest BCUT2D eigenvalue weighted by Gasteiger charge is -2.18. The Morgan fingerprint density at radius 1 is 1.29 bits per heavy atom. The first-order valence-corrected chi connectivity index (χ1v) is 6.83. The van der Waals surface area contributed by atoms with Crippen LogP contribution in [-0.2, 0) is 10.2 Å². The molecule has 112 valence electrons. The lowest BCUT2D eigenvalue weighted by molar-refractivity contribution is -0.144. The maximum absolute atomic E-state index is 10.8. The molecule has 0 radical (unpaired) electrons. The number of aromatic nitrogens is 2. The fraction of sp³-hybridized carbons (Fsp3) is 0.375. The van der Waals surface area contributed by atoms with Crippen LogP contribution >= 0.6 is 0 Å². The van der Waals surface area contributed by atoms with Gasteiger partial charge in [0.15, 0.2) is 6.10 Å². The minimum Gasteiger partial charge on any atom is -0.479 e. The predicted molar refractivity (Wildman–Crippen MR) is 80.4 cm³/mol. The number of hydrogen-bond donors (Lipinski definition) is 2. The van der Waals surface area contributed by atoms with Gasteiger partial charge in [0.25, 0.3) is 0 Å². The van der Waals surface area contributed by atoms with Gasteiger partial charge in [-0.3, -0.25) is 5.10 Å². The highest BCUT2D eigenvalue weighted by Gasteiger charge is 2.21. The summed E-state index contributed by atoms with van der Waals surface area (Å²) in [6.45, 7) is 7.87. The lowest BCUT2D eigenvalue weighted by Crippen LogP contribution is -2.22. The number of aromatic amines is 1. The van der Waals surface area contributed by atoms with E-state index in [1.807, 2.05) is 12.1 Å². The average Bonchev–Trinajstić information content (AvgIpc) is 2.88. The summed E-state index contributed by atoms with van der Waals surface area (Å²) >= 11 is 0. The molecule has 5 nitrogen and oxygen atoms in total. The van der Waals surface area contributed by atoms with E-state index in [1.54, 1.807) is 18.3 Å². The van der Waals surface area contributed by atoms with Crippen molar-refractivity contribution in [2.24, 2.45) is 0 Å². The summed E-state index contributed by atoms with van der Waals surface area (Å²) in [5, 5.41) is 16.0. The normalized spacial score (nSPS) is 13.0. The van der Waals surface area contributed by atoms with E-state index in [0.717, 1.165) is 16.8 Å². The second kappa shape index (κ2) is 5.60. The van der Waals surface area contributed by atoms with E-state index in [1.165, 1.54) is 6.92 Å². The number of nitrogens with one attached hydrogen (secondary N) is 1. The van der Waals surface area contributed by atoms with Crippen LogP contribution in [-0.4, -0.2) is 27.4 Å². The highest BCUT2D eigenvalue weighted by molar-refractivity contribution is 5.72. The van der Waals surface area contributed by atoms with Crippen LogP contribution in [0.1, 0.15) is 33.4 Å². The molecule has 0 saturated heterocycles. The van der Waals surface area contributed by atoms with Crippen molar-refractivity contribution in [1.82, 2.24) is 10.2 Å². The maximum atomic E-state index is 10.8. The first-order valence-electron chi connectivity index (χ1n) is 6.83. The third-order valence-corrected chi connectivity index (χ3v) is 3.22. The minimum absolute atomic E-state index is 0.0289. The highest BCUT2D eigenvalue weighted by atomic mass is 16.5. The van der Waals surface area contributed by atoms with E-state index >= 15 is 0 Å². The summed E-state index contributed by atoms with van der Waals surface area (Å²) in [7, 11) is 0. The van der Waals surface area contributed by atoms with Gasteiger partial charge < -0.3 is 9.84 Å². The number of carboxylic acids is 1. The molecule has 0 saturated carbocycles. The number of rotatable bonds is 4. The first kappa shape index (κ1) is 15.1. The molecule has 0 bridgehead atoms. The number of carboxylic acid groups (broad SMARTS) is 1. The number of benzene rings is 1. The zero-order valence-electron chi connectivity index (χ0n) is 12.7. The zero-order valence-corrected chi connectivity index (χ0v) is 12.7. The molecule has 1 atom stereocenters. The lowest BCUT2D eigenvalue weighted by atomic mass is 9.87. The van der Waals surface area contributed by atoms with Gasteiger partial charge in [-0.15, -0.1) is 0 Å². The number of nitrogens with zero attached hydrogens (tertiary/aromatic N) is 1. The monoisotopic (exact) mass is 288 g/mol. The van der Waals surface area contributed by atoms with Gasteiger partial charge in [-0.25, -0.2) is 4.79 Å². The van der Waals surface area contributed by atoms with Crippen LogP contribution in [0.5, 0.6) is 5.75 Å². The Bertz CT molecular complexity index is 624. The Hall–Kier alpha value is -2.30. The summed E-state index contributed by atoms with van der Waals surface area (Å²) in [6, 6.07) is 7.36. The van der Waals surface area contributed by atoms with Gasteiger partial charge in [-0.2, -0.15) is 5.10 Å². The van der Waals surface area contributed by atoms with Gasteiger partial charge in [0.1, 0.15) is 5.75 Å². The van der Waals surface area contributed by atoms with Crippen molar-refractivity contribution in [1.29, 1.82) is 0 Å². The molecule has 0 aliphatic heterocycles. The number of hydrogen-bond acceptors (Lipinski definition) is 3. The molecule has 0 aliphatic carbocycles. The van der Waals surface area contributed by atoms with Crippen LogP contribution < -0.4 is 4.74 Å². The van der Waals surface area contributed by atoms with Crippen molar-refractivity contribution < 1.29 is 14.6 Å². The topological polar surface area (TPSA) is 75.2 Å². The smallest absolute Gasteiger partial charge is 0.344 e. The summed E-state index contributed by atoms with van der Waals surface area (Å²) in [5.74, 6) is -0.446. The molecule has 5 heteroatoms. The molecule has 1 aromatic heterocycles. The van der Waals surface area contributed by atoms with Crippen LogP contribution in [0.2, 0.25) is 0 Å². The van der Waals surface area contributed by atoms with Crippen LogP contribution in [0.3, 0.4) is 0 Å². The van der Waals surface area contributed by atoms with Crippen LogP contribution in [0.25, 0.3) is 11.1 Å². The molecule has 1 heterocycles. The van der Waals surface area contributed by atoms with Crippen molar-refractivity contribution in [3.8, 4) is 16.9 Å². The number of H-pyrrole nitrogens is 1. The quantitative estimate of drug-likeness (QED) is 0.905. The van der Waals surface area contributed by atoms with Gasteiger partial charge in [-0.1, -0.05) is 32.9 Å². The maximum Gasteiger partial charge on any atom is 0.344 e.